The lowest BCUT2D eigenvalue weighted by atomic mass is 10.1. The number of carbonyl (C=O) groups is 2. The summed E-state index contributed by atoms with van der Waals surface area (Å²) in [7, 11) is 0. The minimum atomic E-state index is -0.455. The molecule has 1 aromatic heterocycles. The second-order valence-corrected chi connectivity index (χ2v) is 7.53. The molecule has 4 nitrogen and oxygen atoms in total. The first kappa shape index (κ1) is 14.8. The number of nitrogens with zero attached hydrogens (tertiary/aromatic N) is 1. The number of hydrogen-bond donors (Lipinski definition) is 1. The molecule has 2 heterocycles. The number of thiophene rings is 1. The summed E-state index contributed by atoms with van der Waals surface area (Å²) in [5.74, 6) is -0.144. The Balaban J connectivity index is 1.91. The molecule has 1 saturated heterocycles. The van der Waals surface area contributed by atoms with E-state index in [1.807, 2.05) is 16.3 Å². The maximum Gasteiger partial charge on any atom is 0.252 e. The quantitative estimate of drug-likeness (QED) is 0.804. The van der Waals surface area contributed by atoms with Crippen molar-refractivity contribution in [2.24, 2.45) is 0 Å². The van der Waals surface area contributed by atoms with Crippen LogP contribution in [0.1, 0.15) is 36.5 Å². The van der Waals surface area contributed by atoms with Gasteiger partial charge in [-0.2, -0.15) is 0 Å². The third-order valence-electron chi connectivity index (χ3n) is 3.22. The molecule has 0 aliphatic carbocycles. The van der Waals surface area contributed by atoms with Crippen LogP contribution in [0.3, 0.4) is 0 Å². The van der Waals surface area contributed by atoms with E-state index in [4.69, 9.17) is 0 Å². The van der Waals surface area contributed by atoms with Gasteiger partial charge < -0.3 is 10.2 Å². The Morgan fingerprint density at radius 2 is 2.05 bits per heavy atom. The number of amides is 2. The van der Waals surface area contributed by atoms with Crippen molar-refractivity contribution in [2.75, 3.05) is 13.1 Å². The summed E-state index contributed by atoms with van der Waals surface area (Å²) in [5.41, 5.74) is 0.632. The van der Waals surface area contributed by atoms with Crippen LogP contribution in [0.2, 0.25) is 0 Å². The maximum absolute atomic E-state index is 12.2. The SMILES string of the molecule is CC(NC(=O)c1csc(I)c1)C(=O)N1CCCCC1. The Kier molecular flexibility index (Phi) is 5.20. The molecule has 1 N–H and O–H groups in total. The van der Waals surface area contributed by atoms with Gasteiger partial charge in [0.2, 0.25) is 5.91 Å². The van der Waals surface area contributed by atoms with E-state index in [1.54, 1.807) is 6.92 Å². The Bertz CT molecular complexity index is 469. The smallest absolute Gasteiger partial charge is 0.252 e. The van der Waals surface area contributed by atoms with E-state index in [1.165, 1.54) is 17.8 Å². The zero-order valence-electron chi connectivity index (χ0n) is 10.8. The monoisotopic (exact) mass is 392 g/mol. The lowest BCUT2D eigenvalue weighted by Crippen LogP contribution is -2.48. The fourth-order valence-corrected chi connectivity index (χ4v) is 3.49. The first-order valence-electron chi connectivity index (χ1n) is 6.41. The summed E-state index contributed by atoms with van der Waals surface area (Å²) in [5, 5.41) is 4.59. The summed E-state index contributed by atoms with van der Waals surface area (Å²) < 4.78 is 1.07. The number of piperidine rings is 1. The lowest BCUT2D eigenvalue weighted by molar-refractivity contribution is -0.133. The van der Waals surface area contributed by atoms with Crippen LogP contribution in [0.5, 0.6) is 0 Å². The molecule has 1 aromatic rings. The molecule has 0 radical (unpaired) electrons. The second kappa shape index (κ2) is 6.69. The summed E-state index contributed by atoms with van der Waals surface area (Å²) in [6, 6.07) is 1.38. The standard InChI is InChI=1S/C13H17IN2O2S/c1-9(13(18)16-5-3-2-4-6-16)15-12(17)10-7-11(14)19-8-10/h7-9H,2-6H2,1H3,(H,15,17). The Labute approximate surface area is 130 Å². The highest BCUT2D eigenvalue weighted by atomic mass is 127. The molecule has 2 rings (SSSR count). The molecule has 1 unspecified atom stereocenters. The maximum atomic E-state index is 12.2. The predicted octanol–water partition coefficient (Wildman–Crippen LogP) is 2.48. The van der Waals surface area contributed by atoms with Crippen molar-refractivity contribution in [3.63, 3.8) is 0 Å². The van der Waals surface area contributed by atoms with Crippen LogP contribution in [-0.2, 0) is 4.79 Å². The van der Waals surface area contributed by atoms with Gasteiger partial charge >= 0.3 is 0 Å². The van der Waals surface area contributed by atoms with Crippen molar-refractivity contribution in [3.05, 3.63) is 19.9 Å². The number of rotatable bonds is 3. The molecule has 6 heteroatoms. The van der Waals surface area contributed by atoms with Crippen molar-refractivity contribution < 1.29 is 9.59 Å². The molecule has 0 spiro atoms. The zero-order chi connectivity index (χ0) is 13.8. The van der Waals surface area contributed by atoms with E-state index in [2.05, 4.69) is 27.9 Å². The number of carbonyl (C=O) groups excluding carboxylic acids is 2. The first-order chi connectivity index (χ1) is 9.08. The van der Waals surface area contributed by atoms with Gasteiger partial charge in [0, 0.05) is 18.5 Å². The summed E-state index contributed by atoms with van der Waals surface area (Å²) in [6.45, 7) is 3.39. The van der Waals surface area contributed by atoms with Gasteiger partial charge in [0.25, 0.3) is 5.91 Å². The van der Waals surface area contributed by atoms with E-state index < -0.39 is 6.04 Å². The molecule has 1 aliphatic rings. The molecular formula is C13H17IN2O2S. The Hall–Kier alpha value is -0.630. The summed E-state index contributed by atoms with van der Waals surface area (Å²) in [4.78, 5) is 26.0. The molecule has 19 heavy (non-hydrogen) atoms. The largest absolute Gasteiger partial charge is 0.341 e. The first-order valence-corrected chi connectivity index (χ1v) is 8.37. The minimum absolute atomic E-state index is 0.0259. The van der Waals surface area contributed by atoms with Crippen molar-refractivity contribution >= 4 is 45.7 Å². The van der Waals surface area contributed by atoms with E-state index in [-0.39, 0.29) is 11.8 Å². The average molecular weight is 392 g/mol. The highest BCUT2D eigenvalue weighted by Gasteiger charge is 2.23. The molecular weight excluding hydrogens is 375 g/mol. The molecule has 0 bridgehead atoms. The van der Waals surface area contributed by atoms with Crippen LogP contribution in [0.15, 0.2) is 11.4 Å². The molecule has 1 aliphatic heterocycles. The highest BCUT2D eigenvalue weighted by Crippen LogP contribution is 2.16. The van der Waals surface area contributed by atoms with Crippen LogP contribution in [0.4, 0.5) is 0 Å². The van der Waals surface area contributed by atoms with E-state index in [0.29, 0.717) is 5.56 Å². The fourth-order valence-electron chi connectivity index (χ4n) is 2.16. The van der Waals surface area contributed by atoms with Gasteiger partial charge in [0.1, 0.15) is 6.04 Å². The third-order valence-corrected chi connectivity index (χ3v) is 5.00. The third kappa shape index (κ3) is 3.92. The number of halogens is 1. The molecule has 1 fully saturated rings. The summed E-state index contributed by atoms with van der Waals surface area (Å²) >= 11 is 3.71. The van der Waals surface area contributed by atoms with E-state index in [0.717, 1.165) is 28.8 Å². The van der Waals surface area contributed by atoms with Crippen molar-refractivity contribution in [3.8, 4) is 0 Å². The number of likely N-dealkylation sites (tertiary alicyclic amines) is 1. The van der Waals surface area contributed by atoms with E-state index in [9.17, 15) is 9.59 Å². The van der Waals surface area contributed by atoms with Gasteiger partial charge in [-0.05, 0) is 54.8 Å². The minimum Gasteiger partial charge on any atom is -0.341 e. The van der Waals surface area contributed by atoms with Gasteiger partial charge in [-0.3, -0.25) is 9.59 Å². The van der Waals surface area contributed by atoms with Gasteiger partial charge in [-0.25, -0.2) is 0 Å². The Morgan fingerprint density at radius 1 is 1.37 bits per heavy atom. The Morgan fingerprint density at radius 3 is 2.63 bits per heavy atom. The zero-order valence-corrected chi connectivity index (χ0v) is 13.8. The van der Waals surface area contributed by atoms with Crippen molar-refractivity contribution in [1.29, 1.82) is 0 Å². The van der Waals surface area contributed by atoms with E-state index >= 15 is 0 Å². The fraction of sp³-hybridized carbons (Fsp3) is 0.538. The van der Waals surface area contributed by atoms with Gasteiger partial charge in [-0.1, -0.05) is 0 Å². The highest BCUT2D eigenvalue weighted by molar-refractivity contribution is 14.1. The summed E-state index contributed by atoms with van der Waals surface area (Å²) in [6.07, 6.45) is 3.32. The molecule has 0 aromatic carbocycles. The van der Waals surface area contributed by atoms with Crippen LogP contribution >= 0.6 is 33.9 Å². The second-order valence-electron chi connectivity index (χ2n) is 4.72. The number of hydrogen-bond acceptors (Lipinski definition) is 3. The molecule has 2 amide bonds. The van der Waals surface area contributed by atoms with Crippen LogP contribution in [0.25, 0.3) is 0 Å². The van der Waals surface area contributed by atoms with Crippen molar-refractivity contribution in [2.45, 2.75) is 32.2 Å². The number of nitrogens with one attached hydrogen (secondary N) is 1. The van der Waals surface area contributed by atoms with Crippen LogP contribution in [0, 0.1) is 2.88 Å². The normalized spacial score (nSPS) is 17.1. The average Bonchev–Trinajstić information content (AvgIpc) is 2.85. The lowest BCUT2D eigenvalue weighted by Gasteiger charge is -2.29. The molecule has 0 saturated carbocycles. The van der Waals surface area contributed by atoms with Crippen LogP contribution < -0.4 is 5.32 Å². The molecule has 1 atom stereocenters. The van der Waals surface area contributed by atoms with Crippen LogP contribution in [-0.4, -0.2) is 35.8 Å². The topological polar surface area (TPSA) is 49.4 Å². The van der Waals surface area contributed by atoms with Gasteiger partial charge in [-0.15, -0.1) is 11.3 Å². The van der Waals surface area contributed by atoms with Gasteiger partial charge in [0.15, 0.2) is 0 Å². The molecule has 104 valence electrons. The van der Waals surface area contributed by atoms with Gasteiger partial charge in [0.05, 0.1) is 8.45 Å². The van der Waals surface area contributed by atoms with Crippen molar-refractivity contribution in [1.82, 2.24) is 10.2 Å². The predicted molar refractivity (Wildman–Crippen MR) is 84.4 cm³/mol.